The van der Waals surface area contributed by atoms with E-state index in [1.165, 1.54) is 31.5 Å². The number of pyridine rings is 1. The minimum absolute atomic E-state index is 0.0501. The summed E-state index contributed by atoms with van der Waals surface area (Å²) in [6.07, 6.45) is -5.19. The number of nitrogens with zero attached hydrogens (tertiary/aromatic N) is 6. The molecule has 0 aliphatic carbocycles. The largest absolute Gasteiger partial charge is 0.408 e. The van der Waals surface area contributed by atoms with Gasteiger partial charge in [0.15, 0.2) is 0 Å². The van der Waals surface area contributed by atoms with E-state index in [0.717, 1.165) is 11.5 Å². The SMILES string of the molecule is C[C@H](n1c([C@@H](C)O)nc2cnc(Nc3ccnc(N4CC[C@@H](O)[C@@H](F)C4)n3)cc21)C(F)(F)F. The van der Waals surface area contributed by atoms with Crippen molar-refractivity contribution < 1.29 is 27.8 Å². The van der Waals surface area contributed by atoms with Gasteiger partial charge in [0.25, 0.3) is 0 Å². The van der Waals surface area contributed by atoms with Crippen molar-refractivity contribution in [2.75, 3.05) is 23.3 Å². The van der Waals surface area contributed by atoms with Crippen LogP contribution in [-0.2, 0) is 0 Å². The third-order valence-corrected chi connectivity index (χ3v) is 5.53. The number of rotatable bonds is 5. The van der Waals surface area contributed by atoms with Crippen molar-refractivity contribution in [2.24, 2.45) is 0 Å². The number of hydrogen-bond donors (Lipinski definition) is 3. The van der Waals surface area contributed by atoms with Crippen LogP contribution >= 0.6 is 0 Å². The number of imidazole rings is 1. The molecule has 3 N–H and O–H groups in total. The standard InChI is InChI=1S/C20H23F4N7O2/c1-10(32)18-27-13-8-26-17(7-14(13)31(18)11(2)20(22,23)24)28-16-3-5-25-19(29-16)30-6-4-15(33)12(21)9-30/h3,5,7-8,10-12,15,32-33H,4,6,9H2,1-2H3,(H,25,26,28,29)/t10-,11+,12+,15-/m1/s1. The molecule has 0 aromatic carbocycles. The summed E-state index contributed by atoms with van der Waals surface area (Å²) in [7, 11) is 0. The Morgan fingerprint density at radius 1 is 1.18 bits per heavy atom. The zero-order chi connectivity index (χ0) is 23.9. The quantitative estimate of drug-likeness (QED) is 0.489. The molecular weight excluding hydrogens is 446 g/mol. The van der Waals surface area contributed by atoms with Crippen LogP contribution in [0.1, 0.15) is 38.2 Å². The zero-order valence-corrected chi connectivity index (χ0v) is 17.8. The molecule has 9 nitrogen and oxygen atoms in total. The summed E-state index contributed by atoms with van der Waals surface area (Å²) >= 11 is 0. The minimum atomic E-state index is -4.55. The normalized spacial score (nSPS) is 21.3. The molecule has 0 radical (unpaired) electrons. The lowest BCUT2D eigenvalue weighted by molar-refractivity contribution is -0.163. The first-order valence-corrected chi connectivity index (χ1v) is 10.3. The summed E-state index contributed by atoms with van der Waals surface area (Å²) in [6.45, 7) is 2.67. The molecule has 1 aliphatic rings. The van der Waals surface area contributed by atoms with Crippen molar-refractivity contribution in [3.05, 3.63) is 30.4 Å². The van der Waals surface area contributed by atoms with Gasteiger partial charge in [0.2, 0.25) is 5.95 Å². The molecule has 0 spiro atoms. The van der Waals surface area contributed by atoms with Crippen LogP contribution in [0.3, 0.4) is 0 Å². The van der Waals surface area contributed by atoms with E-state index >= 15 is 0 Å². The second kappa shape index (κ2) is 8.71. The lowest BCUT2D eigenvalue weighted by atomic mass is 10.1. The first-order chi connectivity index (χ1) is 15.5. The van der Waals surface area contributed by atoms with Gasteiger partial charge in [-0.15, -0.1) is 0 Å². The summed E-state index contributed by atoms with van der Waals surface area (Å²) < 4.78 is 55.3. The number of nitrogens with one attached hydrogen (secondary N) is 1. The molecule has 3 aromatic rings. The van der Waals surface area contributed by atoms with Crippen LogP contribution in [0.15, 0.2) is 24.5 Å². The predicted octanol–water partition coefficient (Wildman–Crippen LogP) is 3.05. The minimum Gasteiger partial charge on any atom is -0.390 e. The van der Waals surface area contributed by atoms with E-state index in [1.54, 1.807) is 4.90 Å². The van der Waals surface area contributed by atoms with Crippen LogP contribution in [0, 0.1) is 0 Å². The Hall–Kier alpha value is -3.06. The Morgan fingerprint density at radius 2 is 1.94 bits per heavy atom. The smallest absolute Gasteiger partial charge is 0.390 e. The van der Waals surface area contributed by atoms with Gasteiger partial charge in [-0.25, -0.2) is 19.3 Å². The molecule has 4 heterocycles. The highest BCUT2D eigenvalue weighted by molar-refractivity contribution is 5.79. The van der Waals surface area contributed by atoms with Gasteiger partial charge in [0, 0.05) is 18.8 Å². The number of piperidine rings is 1. The first kappa shape index (κ1) is 23.1. The van der Waals surface area contributed by atoms with Gasteiger partial charge in [0.05, 0.1) is 24.4 Å². The lowest BCUT2D eigenvalue weighted by Crippen LogP contribution is -2.45. The van der Waals surface area contributed by atoms with Gasteiger partial charge in [-0.2, -0.15) is 18.2 Å². The predicted molar refractivity (Wildman–Crippen MR) is 112 cm³/mol. The molecular formula is C20H23F4N7O2. The number of anilines is 3. The first-order valence-electron chi connectivity index (χ1n) is 10.3. The number of halogens is 4. The molecule has 13 heteroatoms. The summed E-state index contributed by atoms with van der Waals surface area (Å²) in [5, 5.41) is 22.5. The number of aliphatic hydroxyl groups is 2. The topological polar surface area (TPSA) is 112 Å². The van der Waals surface area contributed by atoms with Crippen LogP contribution in [0.2, 0.25) is 0 Å². The van der Waals surface area contributed by atoms with Gasteiger partial charge in [-0.1, -0.05) is 0 Å². The number of fused-ring (bicyclic) bond motifs is 1. The van der Waals surface area contributed by atoms with E-state index in [2.05, 4.69) is 25.3 Å². The number of aliphatic hydroxyl groups excluding tert-OH is 2. The second-order valence-electron chi connectivity index (χ2n) is 7.98. The average molecular weight is 469 g/mol. The highest BCUT2D eigenvalue weighted by Crippen LogP contribution is 2.36. The highest BCUT2D eigenvalue weighted by Gasteiger charge is 2.40. The molecule has 1 aliphatic heterocycles. The molecule has 1 saturated heterocycles. The fourth-order valence-electron chi connectivity index (χ4n) is 3.71. The molecule has 4 rings (SSSR count). The Bertz CT molecular complexity index is 1140. The summed E-state index contributed by atoms with van der Waals surface area (Å²) in [6, 6.07) is 1.02. The summed E-state index contributed by atoms with van der Waals surface area (Å²) in [4.78, 5) is 18.4. The maximum Gasteiger partial charge on any atom is 0.408 e. The van der Waals surface area contributed by atoms with Crippen LogP contribution in [0.5, 0.6) is 0 Å². The van der Waals surface area contributed by atoms with Crippen LogP contribution in [0.25, 0.3) is 11.0 Å². The van der Waals surface area contributed by atoms with Crippen molar-refractivity contribution in [1.82, 2.24) is 24.5 Å². The Balaban J connectivity index is 1.65. The molecule has 0 unspecified atom stereocenters. The van der Waals surface area contributed by atoms with Gasteiger partial charge in [-0.3, -0.25) is 0 Å². The molecule has 178 valence electrons. The van der Waals surface area contributed by atoms with E-state index in [9.17, 15) is 27.8 Å². The summed E-state index contributed by atoms with van der Waals surface area (Å²) in [5.74, 6) is 0.644. The molecule has 0 saturated carbocycles. The van der Waals surface area contributed by atoms with Gasteiger partial charge >= 0.3 is 6.18 Å². The maximum absolute atomic E-state index is 13.9. The molecule has 33 heavy (non-hydrogen) atoms. The van der Waals surface area contributed by atoms with Crippen molar-refractivity contribution >= 4 is 28.6 Å². The lowest BCUT2D eigenvalue weighted by Gasteiger charge is -2.32. The third kappa shape index (κ3) is 4.69. The fraction of sp³-hybridized carbons (Fsp3) is 0.500. The van der Waals surface area contributed by atoms with Gasteiger partial charge in [-0.05, 0) is 26.3 Å². The average Bonchev–Trinajstić information content (AvgIpc) is 3.13. The molecule has 3 aromatic heterocycles. The monoisotopic (exact) mass is 469 g/mol. The third-order valence-electron chi connectivity index (χ3n) is 5.53. The molecule has 4 atom stereocenters. The van der Waals surface area contributed by atoms with Gasteiger partial charge < -0.3 is 25.0 Å². The Labute approximate surface area is 186 Å². The van der Waals surface area contributed by atoms with Crippen molar-refractivity contribution in [2.45, 2.75) is 50.9 Å². The van der Waals surface area contributed by atoms with E-state index in [0.29, 0.717) is 12.4 Å². The molecule has 0 bridgehead atoms. The van der Waals surface area contributed by atoms with Gasteiger partial charge in [0.1, 0.15) is 41.3 Å². The van der Waals surface area contributed by atoms with E-state index < -0.39 is 30.6 Å². The second-order valence-corrected chi connectivity index (χ2v) is 7.98. The molecule has 1 fully saturated rings. The van der Waals surface area contributed by atoms with Crippen LogP contribution in [0.4, 0.5) is 35.1 Å². The van der Waals surface area contributed by atoms with Crippen molar-refractivity contribution in [3.8, 4) is 0 Å². The van der Waals surface area contributed by atoms with Crippen LogP contribution in [-0.4, -0.2) is 66.3 Å². The van der Waals surface area contributed by atoms with Crippen LogP contribution < -0.4 is 10.2 Å². The Kier molecular flexibility index (Phi) is 6.10. The highest BCUT2D eigenvalue weighted by atomic mass is 19.4. The van der Waals surface area contributed by atoms with Crippen molar-refractivity contribution in [3.63, 3.8) is 0 Å². The Morgan fingerprint density at radius 3 is 2.61 bits per heavy atom. The molecule has 0 amide bonds. The van der Waals surface area contributed by atoms with Crippen molar-refractivity contribution in [1.29, 1.82) is 0 Å². The maximum atomic E-state index is 13.9. The number of alkyl halides is 4. The van der Waals surface area contributed by atoms with E-state index in [1.807, 2.05) is 0 Å². The number of hydrogen-bond acceptors (Lipinski definition) is 8. The summed E-state index contributed by atoms with van der Waals surface area (Å²) in [5.41, 5.74) is 0.351. The van der Waals surface area contributed by atoms with E-state index in [-0.39, 0.29) is 41.6 Å². The zero-order valence-electron chi connectivity index (χ0n) is 17.8. The van der Waals surface area contributed by atoms with E-state index in [4.69, 9.17) is 0 Å². The number of aromatic nitrogens is 5. The fourth-order valence-corrected chi connectivity index (χ4v) is 3.71.